The largest absolute Gasteiger partial charge is 0.310 e. The van der Waals surface area contributed by atoms with Gasteiger partial charge in [0.25, 0.3) is 0 Å². The third kappa shape index (κ3) is 6.74. The monoisotopic (exact) mass is 832 g/mol. The first kappa shape index (κ1) is 37.9. The van der Waals surface area contributed by atoms with Crippen LogP contribution in [0.4, 0.5) is 17.1 Å². The predicted octanol–water partition coefficient (Wildman–Crippen LogP) is 15.7. The van der Waals surface area contributed by atoms with Gasteiger partial charge in [-0.05, 0) is 100 Å². The molecule has 5 nitrogen and oxygen atoms in total. The lowest BCUT2D eigenvalue weighted by atomic mass is 9.88. The number of nitrogens with zero attached hydrogens (tertiary/aromatic N) is 5. The van der Waals surface area contributed by atoms with Crippen LogP contribution in [0.1, 0.15) is 0 Å². The zero-order valence-electron chi connectivity index (χ0n) is 35.5. The number of pyridine rings is 1. The Morgan fingerprint density at radius 2 is 0.877 bits per heavy atom. The Balaban J connectivity index is 1.03. The van der Waals surface area contributed by atoms with Gasteiger partial charge in [0.15, 0.2) is 17.4 Å². The number of aromatic nitrogens is 4. The first-order chi connectivity index (χ1) is 32.3. The molecule has 0 saturated heterocycles. The Kier molecular flexibility index (Phi) is 9.42. The topological polar surface area (TPSA) is 30.9 Å². The summed E-state index contributed by atoms with van der Waals surface area (Å²) in [6.45, 7) is 0. The van der Waals surface area contributed by atoms with Crippen molar-refractivity contribution in [2.45, 2.75) is 0 Å². The second-order valence-electron chi connectivity index (χ2n) is 16.3. The molecule has 0 bridgehead atoms. The maximum atomic E-state index is 5.14. The van der Waals surface area contributed by atoms with E-state index < -0.39 is 0 Å². The second kappa shape index (κ2) is 16.2. The summed E-state index contributed by atoms with van der Waals surface area (Å²) in [5.41, 5.74) is 16.8. The van der Waals surface area contributed by atoms with E-state index >= 15 is 0 Å². The number of fused-ring (bicyclic) bond motifs is 4. The van der Waals surface area contributed by atoms with E-state index in [0.717, 1.165) is 67.3 Å². The molecule has 0 unspecified atom stereocenters. The molecule has 0 radical (unpaired) electrons. The normalized spacial score (nSPS) is 11.4. The van der Waals surface area contributed by atoms with E-state index in [1.165, 1.54) is 33.2 Å². The Bertz CT molecular complexity index is 3590. The van der Waals surface area contributed by atoms with E-state index in [9.17, 15) is 0 Å². The molecule has 65 heavy (non-hydrogen) atoms. The molecule has 5 heteroatoms. The highest BCUT2D eigenvalue weighted by atomic mass is 15.2. The van der Waals surface area contributed by atoms with Crippen molar-refractivity contribution in [1.29, 1.82) is 0 Å². The van der Waals surface area contributed by atoms with Crippen LogP contribution in [-0.4, -0.2) is 18.7 Å². The quantitative estimate of drug-likeness (QED) is 0.136. The summed E-state index contributed by atoms with van der Waals surface area (Å²) in [6.07, 6.45) is 4.15. The van der Waals surface area contributed by atoms with Gasteiger partial charge in [-0.3, -0.25) is 4.57 Å². The number of rotatable bonds is 9. The Labute approximate surface area is 377 Å². The van der Waals surface area contributed by atoms with Crippen molar-refractivity contribution in [2.75, 3.05) is 4.90 Å². The molecule has 3 aromatic heterocycles. The van der Waals surface area contributed by atoms with Gasteiger partial charge < -0.3 is 4.90 Å². The Hall–Kier alpha value is -8.80. The molecule has 0 aliphatic heterocycles. The fourth-order valence-corrected chi connectivity index (χ4v) is 9.54. The summed E-state index contributed by atoms with van der Waals surface area (Å²) < 4.78 is 6.88. The Morgan fingerprint density at radius 3 is 1.57 bits per heavy atom. The molecular weight excluding hydrogens is 791 g/mol. The van der Waals surface area contributed by atoms with Crippen LogP contribution in [0.25, 0.3) is 83.4 Å². The second-order valence-corrected chi connectivity index (χ2v) is 16.3. The van der Waals surface area contributed by atoms with Crippen molar-refractivity contribution in [1.82, 2.24) is 18.7 Å². The minimum absolute atomic E-state index is 0.854. The van der Waals surface area contributed by atoms with Crippen molar-refractivity contribution in [3.8, 4) is 50.6 Å². The molecule has 0 atom stereocenters. The zero-order valence-corrected chi connectivity index (χ0v) is 35.5. The summed E-state index contributed by atoms with van der Waals surface area (Å²) >= 11 is 0. The van der Waals surface area contributed by atoms with Crippen LogP contribution in [0, 0.1) is 0 Å². The first-order valence-electron chi connectivity index (χ1n) is 22.0. The fourth-order valence-electron chi connectivity index (χ4n) is 9.54. The summed E-state index contributed by atoms with van der Waals surface area (Å²) in [7, 11) is 0. The number of benzene rings is 9. The van der Waals surface area contributed by atoms with Gasteiger partial charge in [-0.2, -0.15) is 9.13 Å². The van der Waals surface area contributed by atoms with Gasteiger partial charge in [0.05, 0.1) is 16.7 Å². The highest BCUT2D eigenvalue weighted by Gasteiger charge is 2.22. The summed E-state index contributed by atoms with van der Waals surface area (Å²) in [5, 5.41) is 2.34. The van der Waals surface area contributed by atoms with Crippen LogP contribution >= 0.6 is 0 Å². The highest BCUT2D eigenvalue weighted by molar-refractivity contribution is 6.10. The minimum atomic E-state index is 0.854. The number of hydrogen-bond acceptors (Lipinski definition) is 2. The summed E-state index contributed by atoms with van der Waals surface area (Å²) in [5.74, 6) is 0.854. The number of imidazole rings is 1. The van der Waals surface area contributed by atoms with E-state index in [1.54, 1.807) is 0 Å². The van der Waals surface area contributed by atoms with Crippen LogP contribution < -0.4 is 4.90 Å². The maximum Gasteiger partial charge on any atom is 0.168 e. The van der Waals surface area contributed by atoms with Gasteiger partial charge in [0.2, 0.25) is 0 Å². The number of anilines is 3. The average Bonchev–Trinajstić information content (AvgIpc) is 3.94. The maximum absolute atomic E-state index is 5.14. The summed E-state index contributed by atoms with van der Waals surface area (Å²) in [6, 6.07) is 86.5. The van der Waals surface area contributed by atoms with Gasteiger partial charge in [-0.1, -0.05) is 158 Å². The van der Waals surface area contributed by atoms with Crippen LogP contribution in [0.2, 0.25) is 0 Å². The molecule has 12 aromatic rings. The minimum Gasteiger partial charge on any atom is -0.310 e. The lowest BCUT2D eigenvalue weighted by Crippen LogP contribution is -2.10. The molecule has 0 amide bonds. The van der Waals surface area contributed by atoms with Gasteiger partial charge in [-0.15, -0.1) is 0 Å². The molecular formula is C60H42N5+. The van der Waals surface area contributed by atoms with E-state index in [4.69, 9.17) is 4.98 Å². The van der Waals surface area contributed by atoms with Crippen LogP contribution in [0.15, 0.2) is 255 Å². The highest BCUT2D eigenvalue weighted by Crippen LogP contribution is 2.43. The zero-order chi connectivity index (χ0) is 43.1. The van der Waals surface area contributed by atoms with E-state index in [0.29, 0.717) is 0 Å². The molecule has 0 aliphatic carbocycles. The van der Waals surface area contributed by atoms with Crippen molar-refractivity contribution in [3.05, 3.63) is 255 Å². The average molecular weight is 833 g/mol. The first-order valence-corrected chi connectivity index (χ1v) is 22.0. The van der Waals surface area contributed by atoms with Crippen molar-refractivity contribution < 1.29 is 0 Å². The Morgan fingerprint density at radius 1 is 0.354 bits per heavy atom. The van der Waals surface area contributed by atoms with Crippen molar-refractivity contribution in [2.24, 2.45) is 0 Å². The molecule has 0 saturated carbocycles. The van der Waals surface area contributed by atoms with E-state index in [-0.39, 0.29) is 0 Å². The molecule has 306 valence electrons. The molecule has 3 heterocycles. The third-order valence-electron chi connectivity index (χ3n) is 12.5. The predicted molar refractivity (Wildman–Crippen MR) is 270 cm³/mol. The molecule has 0 N–H and O–H groups in total. The molecule has 0 fully saturated rings. The fraction of sp³-hybridized carbons (Fsp3) is 0. The molecule has 0 spiro atoms. The lowest BCUT2D eigenvalue weighted by Gasteiger charge is -2.26. The third-order valence-corrected chi connectivity index (χ3v) is 12.5. The van der Waals surface area contributed by atoms with E-state index in [1.807, 2.05) is 6.20 Å². The van der Waals surface area contributed by atoms with Crippen LogP contribution in [-0.2, 0) is 0 Å². The van der Waals surface area contributed by atoms with Gasteiger partial charge in [0.1, 0.15) is 17.2 Å². The van der Waals surface area contributed by atoms with Crippen LogP contribution in [0.3, 0.4) is 0 Å². The van der Waals surface area contributed by atoms with Gasteiger partial charge >= 0.3 is 0 Å². The van der Waals surface area contributed by atoms with Crippen molar-refractivity contribution >= 4 is 49.9 Å². The number of para-hydroxylation sites is 5. The van der Waals surface area contributed by atoms with Crippen LogP contribution in [0.5, 0.6) is 0 Å². The smallest absolute Gasteiger partial charge is 0.168 e. The van der Waals surface area contributed by atoms with Gasteiger partial charge in [-0.25, -0.2) is 4.98 Å². The van der Waals surface area contributed by atoms with Gasteiger partial charge in [0, 0.05) is 46.5 Å². The molecule has 9 aromatic carbocycles. The summed E-state index contributed by atoms with van der Waals surface area (Å²) in [4.78, 5) is 7.50. The number of hydrogen-bond donors (Lipinski definition) is 0. The SMILES string of the molecule is c1ccc(-c2cccc(-c3ccccc3)c2-c2ccnc(-n3c4ccccc4c4ccc(N(c5ccccc5)c5cccc(-n6[cH+]n(-c7ccccc7)c7ccccc76)c5)cc43)c2)cc1. The standard InChI is InChI=1S/C60H42N5/c1-5-19-43(20-6-1)51-30-18-31-52(44-21-7-2-8-22-44)60(51)45-37-38-61-59(39-45)65-55-32-14-13-29-53(55)54-36-35-50(41-58(54)65)64(47-25-11-4-12-26-47)49-28-17-27-48(40-49)63-42-62(46-23-9-3-10-24-46)56-33-15-16-34-57(56)63/h1-42H/q+1. The molecule has 0 aliphatic rings. The lowest BCUT2D eigenvalue weighted by molar-refractivity contribution is 1.01. The van der Waals surface area contributed by atoms with Crippen molar-refractivity contribution in [3.63, 3.8) is 0 Å². The van der Waals surface area contributed by atoms with E-state index in [2.05, 4.69) is 268 Å². The molecule has 12 rings (SSSR count).